The number of amides is 1. The minimum atomic E-state index is 0.241. The smallest absolute Gasteiger partial charge is 0.223 e. The molecule has 0 aromatic heterocycles. The summed E-state index contributed by atoms with van der Waals surface area (Å²) >= 11 is 0. The fourth-order valence-corrected chi connectivity index (χ4v) is 2.60. The normalized spacial score (nSPS) is 28.7. The lowest BCUT2D eigenvalue weighted by Crippen LogP contribution is -2.35. The fraction of sp³-hybridized carbons (Fsp3) is 0.929. The van der Waals surface area contributed by atoms with E-state index in [0.29, 0.717) is 18.1 Å². The molecule has 0 spiro atoms. The molecule has 0 aromatic carbocycles. The van der Waals surface area contributed by atoms with E-state index < -0.39 is 0 Å². The Hall–Kier alpha value is -0.610. The van der Waals surface area contributed by atoms with Crippen molar-refractivity contribution in [3.05, 3.63) is 0 Å². The van der Waals surface area contributed by atoms with Gasteiger partial charge in [0.15, 0.2) is 0 Å². The van der Waals surface area contributed by atoms with Crippen LogP contribution in [-0.2, 0) is 9.53 Å². The number of carbonyl (C=O) groups excluding carboxylic acids is 1. The van der Waals surface area contributed by atoms with Crippen molar-refractivity contribution in [3.63, 3.8) is 0 Å². The average molecular weight is 254 g/mol. The van der Waals surface area contributed by atoms with Gasteiger partial charge in [-0.05, 0) is 44.9 Å². The second-order valence-corrected chi connectivity index (χ2v) is 5.68. The van der Waals surface area contributed by atoms with Gasteiger partial charge in [0.2, 0.25) is 5.91 Å². The average Bonchev–Trinajstić information content (AvgIpc) is 2.29. The van der Waals surface area contributed by atoms with Crippen LogP contribution in [0.4, 0.5) is 0 Å². The molecule has 2 fully saturated rings. The Kier molecular flexibility index (Phi) is 5.45. The Balaban J connectivity index is 1.44. The van der Waals surface area contributed by atoms with Crippen LogP contribution in [0.1, 0.15) is 51.4 Å². The SMILES string of the molecule is NC1CCC(OCCCNC(=O)C2CCC2)CC1. The molecule has 2 aliphatic rings. The van der Waals surface area contributed by atoms with Gasteiger partial charge in [0.25, 0.3) is 0 Å². The Labute approximate surface area is 110 Å². The first-order chi connectivity index (χ1) is 8.75. The van der Waals surface area contributed by atoms with Gasteiger partial charge < -0.3 is 15.8 Å². The second-order valence-electron chi connectivity index (χ2n) is 5.68. The van der Waals surface area contributed by atoms with Crippen LogP contribution in [0.15, 0.2) is 0 Å². The monoisotopic (exact) mass is 254 g/mol. The summed E-state index contributed by atoms with van der Waals surface area (Å²) in [6, 6.07) is 0.381. The summed E-state index contributed by atoms with van der Waals surface area (Å²) in [4.78, 5) is 11.6. The van der Waals surface area contributed by atoms with Gasteiger partial charge in [-0.1, -0.05) is 6.42 Å². The number of nitrogens with one attached hydrogen (secondary N) is 1. The Morgan fingerprint density at radius 3 is 2.50 bits per heavy atom. The molecule has 3 N–H and O–H groups in total. The molecule has 0 heterocycles. The van der Waals surface area contributed by atoms with E-state index >= 15 is 0 Å². The van der Waals surface area contributed by atoms with Gasteiger partial charge in [0.1, 0.15) is 0 Å². The summed E-state index contributed by atoms with van der Waals surface area (Å²) in [7, 11) is 0. The van der Waals surface area contributed by atoms with Gasteiger partial charge in [-0.3, -0.25) is 4.79 Å². The highest BCUT2D eigenvalue weighted by Crippen LogP contribution is 2.26. The molecule has 2 saturated carbocycles. The second kappa shape index (κ2) is 7.10. The van der Waals surface area contributed by atoms with Crippen LogP contribution >= 0.6 is 0 Å². The van der Waals surface area contributed by atoms with Gasteiger partial charge in [0.05, 0.1) is 6.10 Å². The first-order valence-corrected chi connectivity index (χ1v) is 7.40. The van der Waals surface area contributed by atoms with Crippen LogP contribution in [0.25, 0.3) is 0 Å². The van der Waals surface area contributed by atoms with Crippen LogP contribution in [0.2, 0.25) is 0 Å². The maximum atomic E-state index is 11.6. The lowest BCUT2D eigenvalue weighted by molar-refractivity contribution is -0.127. The number of rotatable bonds is 6. The van der Waals surface area contributed by atoms with Crippen LogP contribution in [0.5, 0.6) is 0 Å². The zero-order chi connectivity index (χ0) is 12.8. The van der Waals surface area contributed by atoms with E-state index in [1.54, 1.807) is 0 Å². The minimum absolute atomic E-state index is 0.241. The van der Waals surface area contributed by atoms with Crippen LogP contribution in [-0.4, -0.2) is 31.2 Å². The van der Waals surface area contributed by atoms with E-state index in [-0.39, 0.29) is 5.91 Å². The van der Waals surface area contributed by atoms with E-state index in [4.69, 9.17) is 10.5 Å². The van der Waals surface area contributed by atoms with E-state index in [2.05, 4.69) is 5.32 Å². The van der Waals surface area contributed by atoms with Crippen molar-refractivity contribution in [2.24, 2.45) is 11.7 Å². The zero-order valence-corrected chi connectivity index (χ0v) is 11.2. The first kappa shape index (κ1) is 13.8. The maximum absolute atomic E-state index is 11.6. The van der Waals surface area contributed by atoms with Gasteiger partial charge in [-0.2, -0.15) is 0 Å². The Morgan fingerprint density at radius 1 is 1.17 bits per heavy atom. The quantitative estimate of drug-likeness (QED) is 0.707. The highest BCUT2D eigenvalue weighted by Gasteiger charge is 2.24. The van der Waals surface area contributed by atoms with E-state index in [1.165, 1.54) is 6.42 Å². The summed E-state index contributed by atoms with van der Waals surface area (Å²) in [5.74, 6) is 0.538. The number of ether oxygens (including phenoxy) is 1. The number of hydrogen-bond acceptors (Lipinski definition) is 3. The van der Waals surface area contributed by atoms with Crippen molar-refractivity contribution >= 4 is 5.91 Å². The number of nitrogens with two attached hydrogens (primary N) is 1. The maximum Gasteiger partial charge on any atom is 0.223 e. The molecule has 2 aliphatic carbocycles. The van der Waals surface area contributed by atoms with E-state index in [9.17, 15) is 4.79 Å². The summed E-state index contributed by atoms with van der Waals surface area (Å²) < 4.78 is 5.81. The lowest BCUT2D eigenvalue weighted by atomic mass is 9.85. The van der Waals surface area contributed by atoms with Gasteiger partial charge in [-0.25, -0.2) is 0 Å². The summed E-state index contributed by atoms with van der Waals surface area (Å²) in [6.07, 6.45) is 9.03. The van der Waals surface area contributed by atoms with E-state index in [1.807, 2.05) is 0 Å². The summed E-state index contributed by atoms with van der Waals surface area (Å²) in [6.45, 7) is 1.51. The third-order valence-corrected chi connectivity index (χ3v) is 4.17. The van der Waals surface area contributed by atoms with Crippen molar-refractivity contribution in [2.75, 3.05) is 13.2 Å². The molecule has 18 heavy (non-hydrogen) atoms. The van der Waals surface area contributed by atoms with Crippen molar-refractivity contribution in [2.45, 2.75) is 63.5 Å². The standard InChI is InChI=1S/C14H26N2O2/c15-12-5-7-13(8-6-12)18-10-2-9-16-14(17)11-3-1-4-11/h11-13H,1-10,15H2,(H,16,17). The molecular weight excluding hydrogens is 228 g/mol. The Morgan fingerprint density at radius 2 is 1.89 bits per heavy atom. The molecule has 2 rings (SSSR count). The van der Waals surface area contributed by atoms with E-state index in [0.717, 1.165) is 58.1 Å². The van der Waals surface area contributed by atoms with Crippen molar-refractivity contribution in [3.8, 4) is 0 Å². The third-order valence-electron chi connectivity index (χ3n) is 4.17. The summed E-state index contributed by atoms with van der Waals surface area (Å²) in [5.41, 5.74) is 5.85. The lowest BCUT2D eigenvalue weighted by Gasteiger charge is -2.26. The molecule has 0 aromatic rings. The predicted molar refractivity (Wildman–Crippen MR) is 71.2 cm³/mol. The van der Waals surface area contributed by atoms with Crippen molar-refractivity contribution in [1.82, 2.24) is 5.32 Å². The van der Waals surface area contributed by atoms with Crippen molar-refractivity contribution in [1.29, 1.82) is 0 Å². The zero-order valence-electron chi connectivity index (χ0n) is 11.2. The molecule has 1 amide bonds. The highest BCUT2D eigenvalue weighted by atomic mass is 16.5. The molecule has 0 radical (unpaired) electrons. The van der Waals surface area contributed by atoms with Crippen LogP contribution < -0.4 is 11.1 Å². The molecule has 4 heteroatoms. The molecule has 0 aliphatic heterocycles. The molecular formula is C14H26N2O2. The highest BCUT2D eigenvalue weighted by molar-refractivity contribution is 5.79. The molecule has 4 nitrogen and oxygen atoms in total. The molecule has 0 bridgehead atoms. The molecule has 0 atom stereocenters. The topological polar surface area (TPSA) is 64.3 Å². The minimum Gasteiger partial charge on any atom is -0.378 e. The largest absolute Gasteiger partial charge is 0.378 e. The van der Waals surface area contributed by atoms with Crippen LogP contribution in [0, 0.1) is 5.92 Å². The fourth-order valence-electron chi connectivity index (χ4n) is 2.60. The number of carbonyl (C=O) groups is 1. The molecule has 0 unspecified atom stereocenters. The molecule has 0 saturated heterocycles. The molecule has 104 valence electrons. The van der Waals surface area contributed by atoms with Crippen LogP contribution in [0.3, 0.4) is 0 Å². The van der Waals surface area contributed by atoms with Gasteiger partial charge >= 0.3 is 0 Å². The van der Waals surface area contributed by atoms with Gasteiger partial charge in [-0.15, -0.1) is 0 Å². The summed E-state index contributed by atoms with van der Waals surface area (Å²) in [5, 5.41) is 2.99. The van der Waals surface area contributed by atoms with Gasteiger partial charge in [0, 0.05) is 25.1 Å². The third kappa shape index (κ3) is 4.25. The Bertz CT molecular complexity index is 259. The first-order valence-electron chi connectivity index (χ1n) is 7.40. The number of hydrogen-bond donors (Lipinski definition) is 2. The van der Waals surface area contributed by atoms with Crippen molar-refractivity contribution < 1.29 is 9.53 Å². The predicted octanol–water partition coefficient (Wildman–Crippen LogP) is 1.58.